The lowest BCUT2D eigenvalue weighted by molar-refractivity contribution is 0.0943. The summed E-state index contributed by atoms with van der Waals surface area (Å²) in [5.41, 5.74) is 7.89. The highest BCUT2D eigenvalue weighted by Gasteiger charge is 2.15. The predicted octanol–water partition coefficient (Wildman–Crippen LogP) is 2.81. The van der Waals surface area contributed by atoms with Gasteiger partial charge in [0.15, 0.2) is 5.11 Å². The highest BCUT2D eigenvalue weighted by Crippen LogP contribution is 2.18. The van der Waals surface area contributed by atoms with E-state index in [2.05, 4.69) is 32.6 Å². The number of nitrogens with one attached hydrogen (secondary N) is 3. The average Bonchev–Trinajstić information content (AvgIpc) is 2.94. The number of imidazole rings is 1. The van der Waals surface area contributed by atoms with Gasteiger partial charge in [0.25, 0.3) is 5.91 Å². The van der Waals surface area contributed by atoms with E-state index in [-0.39, 0.29) is 5.91 Å². The van der Waals surface area contributed by atoms with Gasteiger partial charge in [-0.1, -0.05) is 19.3 Å². The molecule has 25 heavy (non-hydrogen) atoms. The van der Waals surface area contributed by atoms with Crippen LogP contribution < -0.4 is 16.2 Å². The van der Waals surface area contributed by atoms with Crippen molar-refractivity contribution >= 4 is 34.3 Å². The largest absolute Gasteiger partial charge is 0.359 e. The third-order valence-electron chi connectivity index (χ3n) is 4.75. The summed E-state index contributed by atoms with van der Waals surface area (Å²) in [7, 11) is 0. The first-order chi connectivity index (χ1) is 12.1. The number of amides is 1. The Hall–Kier alpha value is -2.15. The smallest absolute Gasteiger partial charge is 0.269 e. The van der Waals surface area contributed by atoms with Gasteiger partial charge in [0.2, 0.25) is 0 Å². The highest BCUT2D eigenvalue weighted by atomic mass is 32.1. The molecule has 1 amide bonds. The van der Waals surface area contributed by atoms with Gasteiger partial charge in [0.1, 0.15) is 5.82 Å². The molecule has 1 aromatic carbocycles. The first kappa shape index (κ1) is 17.7. The Morgan fingerprint density at radius 2 is 2.04 bits per heavy atom. The molecule has 0 saturated heterocycles. The molecule has 3 N–H and O–H groups in total. The normalized spacial score (nSPS) is 15.1. The van der Waals surface area contributed by atoms with E-state index in [0.717, 1.165) is 36.2 Å². The van der Waals surface area contributed by atoms with Crippen molar-refractivity contribution in [2.45, 2.75) is 58.5 Å². The van der Waals surface area contributed by atoms with Gasteiger partial charge in [-0.2, -0.15) is 0 Å². The van der Waals surface area contributed by atoms with Crippen LogP contribution in [0.15, 0.2) is 18.2 Å². The molecular formula is C18H25N5OS. The molecule has 0 atom stereocenters. The fraction of sp³-hybridized carbons (Fsp3) is 0.500. The van der Waals surface area contributed by atoms with Gasteiger partial charge in [-0.3, -0.25) is 15.6 Å². The Labute approximate surface area is 153 Å². The van der Waals surface area contributed by atoms with E-state index in [1.54, 1.807) is 0 Å². The molecule has 0 unspecified atom stereocenters. The number of fused-ring (bicyclic) bond motifs is 1. The van der Waals surface area contributed by atoms with Crippen molar-refractivity contribution < 1.29 is 4.79 Å². The van der Waals surface area contributed by atoms with Crippen LogP contribution in [-0.2, 0) is 6.54 Å². The van der Waals surface area contributed by atoms with Crippen LogP contribution in [0.25, 0.3) is 11.0 Å². The minimum absolute atomic E-state index is 0.224. The summed E-state index contributed by atoms with van der Waals surface area (Å²) in [6.07, 6.45) is 6.02. The fourth-order valence-electron chi connectivity index (χ4n) is 3.44. The molecule has 3 rings (SSSR count). The highest BCUT2D eigenvalue weighted by molar-refractivity contribution is 7.80. The summed E-state index contributed by atoms with van der Waals surface area (Å²) in [6.45, 7) is 4.91. The molecule has 0 aliphatic heterocycles. The van der Waals surface area contributed by atoms with Crippen LogP contribution in [-0.4, -0.2) is 26.6 Å². The number of benzene rings is 1. The summed E-state index contributed by atoms with van der Waals surface area (Å²) in [6, 6.07) is 5.96. The van der Waals surface area contributed by atoms with E-state index in [9.17, 15) is 4.79 Å². The molecule has 1 aliphatic rings. The molecule has 0 bridgehead atoms. The lowest BCUT2D eigenvalue weighted by Crippen LogP contribution is -2.50. The zero-order valence-electron chi connectivity index (χ0n) is 14.8. The summed E-state index contributed by atoms with van der Waals surface area (Å²) in [4.78, 5) is 16.9. The molecule has 7 heteroatoms. The molecule has 2 aromatic rings. The number of aryl methyl sites for hydroxylation is 2. The number of carbonyl (C=O) groups excluding carboxylic acids is 1. The van der Waals surface area contributed by atoms with Gasteiger partial charge in [-0.15, -0.1) is 0 Å². The summed E-state index contributed by atoms with van der Waals surface area (Å²) in [5, 5.41) is 3.73. The van der Waals surface area contributed by atoms with E-state index in [4.69, 9.17) is 12.2 Å². The Kier molecular flexibility index (Phi) is 5.53. The number of rotatable bonds is 3. The van der Waals surface area contributed by atoms with Crippen molar-refractivity contribution in [3.63, 3.8) is 0 Å². The maximum absolute atomic E-state index is 12.4. The van der Waals surface area contributed by atoms with Crippen molar-refractivity contribution in [1.82, 2.24) is 25.7 Å². The van der Waals surface area contributed by atoms with Gasteiger partial charge in [0, 0.05) is 18.2 Å². The molecule has 134 valence electrons. The second-order valence-corrected chi connectivity index (χ2v) is 6.90. The van der Waals surface area contributed by atoms with Gasteiger partial charge in [-0.05, 0) is 57.1 Å². The first-order valence-corrected chi connectivity index (χ1v) is 9.33. The van der Waals surface area contributed by atoms with Crippen LogP contribution in [0.2, 0.25) is 0 Å². The number of thiocarbonyl (C=S) groups is 1. The minimum atomic E-state index is -0.224. The van der Waals surface area contributed by atoms with E-state index in [1.165, 1.54) is 19.3 Å². The van der Waals surface area contributed by atoms with E-state index < -0.39 is 0 Å². The van der Waals surface area contributed by atoms with Gasteiger partial charge in [0.05, 0.1) is 11.0 Å². The van der Waals surface area contributed by atoms with Crippen molar-refractivity contribution in [2.24, 2.45) is 0 Å². The maximum atomic E-state index is 12.4. The van der Waals surface area contributed by atoms with Crippen molar-refractivity contribution in [3.05, 3.63) is 29.6 Å². The topological polar surface area (TPSA) is 71.0 Å². The minimum Gasteiger partial charge on any atom is -0.359 e. The van der Waals surface area contributed by atoms with Crippen molar-refractivity contribution in [3.8, 4) is 0 Å². The molecule has 1 heterocycles. The zero-order valence-corrected chi connectivity index (χ0v) is 15.6. The Balaban J connectivity index is 1.59. The van der Waals surface area contributed by atoms with Crippen LogP contribution in [0.3, 0.4) is 0 Å². The van der Waals surface area contributed by atoms with Gasteiger partial charge < -0.3 is 9.88 Å². The lowest BCUT2D eigenvalue weighted by atomic mass is 9.96. The van der Waals surface area contributed by atoms with Crippen LogP contribution in [0.1, 0.15) is 55.2 Å². The van der Waals surface area contributed by atoms with Crippen LogP contribution in [0.5, 0.6) is 0 Å². The van der Waals surface area contributed by atoms with E-state index in [0.29, 0.717) is 16.7 Å². The summed E-state index contributed by atoms with van der Waals surface area (Å²) >= 11 is 5.26. The second-order valence-electron chi connectivity index (χ2n) is 6.49. The maximum Gasteiger partial charge on any atom is 0.269 e. The Bertz CT molecular complexity index is 779. The van der Waals surface area contributed by atoms with E-state index >= 15 is 0 Å². The number of hydrazine groups is 1. The number of nitrogens with zero attached hydrogens (tertiary/aromatic N) is 2. The summed E-state index contributed by atoms with van der Waals surface area (Å²) in [5.74, 6) is 0.726. The number of aromatic nitrogens is 2. The van der Waals surface area contributed by atoms with Crippen molar-refractivity contribution in [1.29, 1.82) is 0 Å². The van der Waals surface area contributed by atoms with Crippen molar-refractivity contribution in [2.75, 3.05) is 0 Å². The molecule has 0 spiro atoms. The Morgan fingerprint density at radius 3 is 2.76 bits per heavy atom. The third-order valence-corrected chi connectivity index (χ3v) is 4.97. The standard InChI is InChI=1S/C18H25N5OS/c1-3-23-12(2)19-15-11-13(9-10-16(15)23)17(24)21-22-18(25)20-14-7-5-4-6-8-14/h9-11,14H,3-8H2,1-2H3,(H,21,24)(H2,20,22,25). The monoisotopic (exact) mass is 359 g/mol. The third kappa shape index (κ3) is 4.10. The lowest BCUT2D eigenvalue weighted by Gasteiger charge is -2.24. The Morgan fingerprint density at radius 1 is 1.28 bits per heavy atom. The second kappa shape index (κ2) is 7.82. The average molecular weight is 359 g/mol. The van der Waals surface area contributed by atoms with Crippen LogP contribution in [0.4, 0.5) is 0 Å². The van der Waals surface area contributed by atoms with Crippen LogP contribution >= 0.6 is 12.2 Å². The van der Waals surface area contributed by atoms with E-state index in [1.807, 2.05) is 25.1 Å². The molecule has 0 radical (unpaired) electrons. The molecule has 6 nitrogen and oxygen atoms in total. The molecular weight excluding hydrogens is 334 g/mol. The SMILES string of the molecule is CCn1c(C)nc2cc(C(=O)NNC(=S)NC3CCCCC3)ccc21. The number of carbonyl (C=O) groups is 1. The molecule has 1 fully saturated rings. The van der Waals surface area contributed by atoms with Gasteiger partial charge in [-0.25, -0.2) is 4.98 Å². The summed E-state index contributed by atoms with van der Waals surface area (Å²) < 4.78 is 2.12. The molecule has 1 aromatic heterocycles. The number of hydrogen-bond acceptors (Lipinski definition) is 3. The van der Waals surface area contributed by atoms with Crippen LogP contribution in [0, 0.1) is 6.92 Å². The predicted molar refractivity (Wildman–Crippen MR) is 103 cm³/mol. The first-order valence-electron chi connectivity index (χ1n) is 8.92. The number of hydrogen-bond donors (Lipinski definition) is 3. The quantitative estimate of drug-likeness (QED) is 0.581. The molecule has 1 saturated carbocycles. The van der Waals surface area contributed by atoms with Gasteiger partial charge >= 0.3 is 0 Å². The fourth-order valence-corrected chi connectivity index (χ4v) is 3.66. The molecule has 1 aliphatic carbocycles. The zero-order chi connectivity index (χ0) is 17.8.